The first-order valence-corrected chi connectivity index (χ1v) is 11.2. The number of rotatable bonds is 10. The van der Waals surface area contributed by atoms with E-state index in [4.69, 9.17) is 9.47 Å². The maximum absolute atomic E-state index is 9.87. The van der Waals surface area contributed by atoms with Gasteiger partial charge < -0.3 is 9.47 Å². The Balaban J connectivity index is 1.85. The van der Waals surface area contributed by atoms with Crippen molar-refractivity contribution in [3.63, 3.8) is 0 Å². The number of nitrogens with zero attached hydrogens (tertiary/aromatic N) is 2. The lowest BCUT2D eigenvalue weighted by Crippen LogP contribution is -1.97. The molecule has 162 valence electrons. The molecule has 0 saturated carbocycles. The summed E-state index contributed by atoms with van der Waals surface area (Å²) in [4.78, 5) is 0. The molecule has 0 spiro atoms. The molecule has 0 aliphatic rings. The van der Waals surface area contributed by atoms with E-state index in [9.17, 15) is 10.5 Å². The highest BCUT2D eigenvalue weighted by Gasteiger charge is 2.16. The summed E-state index contributed by atoms with van der Waals surface area (Å²) in [6, 6.07) is 23.6. The molecule has 4 nitrogen and oxygen atoms in total. The highest BCUT2D eigenvalue weighted by atomic mass is 16.5. The molecule has 0 unspecified atom stereocenters. The van der Waals surface area contributed by atoms with Gasteiger partial charge >= 0.3 is 0 Å². The predicted molar refractivity (Wildman–Crippen MR) is 128 cm³/mol. The predicted octanol–water partition coefficient (Wildman–Crippen LogP) is 7.12. The van der Waals surface area contributed by atoms with Crippen LogP contribution in [0.4, 0.5) is 0 Å². The van der Waals surface area contributed by atoms with E-state index in [2.05, 4.69) is 19.1 Å². The monoisotopic (exact) mass is 424 g/mol. The Morgan fingerprint density at radius 3 is 1.56 bits per heavy atom. The molecule has 0 amide bonds. The van der Waals surface area contributed by atoms with Crippen LogP contribution in [-0.2, 0) is 0 Å². The highest BCUT2D eigenvalue weighted by Crippen LogP contribution is 2.34. The molecule has 0 bridgehead atoms. The molecule has 4 heteroatoms. The summed E-state index contributed by atoms with van der Waals surface area (Å²) in [7, 11) is 0. The van der Waals surface area contributed by atoms with E-state index in [0.717, 1.165) is 40.2 Å². The van der Waals surface area contributed by atoms with Gasteiger partial charge in [-0.15, -0.1) is 0 Å². The molecule has 0 aromatic heterocycles. The normalized spacial score (nSPS) is 10.2. The summed E-state index contributed by atoms with van der Waals surface area (Å²) >= 11 is 0. The third kappa shape index (κ3) is 5.48. The third-order valence-electron chi connectivity index (χ3n) is 5.34. The number of ether oxygens (including phenoxy) is 2. The topological polar surface area (TPSA) is 66.0 Å². The highest BCUT2D eigenvalue weighted by molar-refractivity contribution is 5.82. The van der Waals surface area contributed by atoms with Crippen molar-refractivity contribution in [1.82, 2.24) is 0 Å². The van der Waals surface area contributed by atoms with Gasteiger partial charge in [-0.3, -0.25) is 0 Å². The van der Waals surface area contributed by atoms with Crippen LogP contribution >= 0.6 is 0 Å². The lowest BCUT2D eigenvalue weighted by atomic mass is 9.90. The molecule has 0 heterocycles. The lowest BCUT2D eigenvalue weighted by molar-refractivity contribution is 0.305. The fourth-order valence-electron chi connectivity index (χ4n) is 3.66. The molecule has 3 rings (SSSR count). The minimum atomic E-state index is 0.380. The summed E-state index contributed by atoms with van der Waals surface area (Å²) in [5.41, 5.74) is 4.00. The maximum atomic E-state index is 9.87. The van der Waals surface area contributed by atoms with Gasteiger partial charge in [-0.25, -0.2) is 0 Å². The van der Waals surface area contributed by atoms with Gasteiger partial charge in [0.25, 0.3) is 0 Å². The molecule has 0 fully saturated rings. The van der Waals surface area contributed by atoms with E-state index in [1.54, 1.807) is 0 Å². The fraction of sp³-hybridized carbons (Fsp3) is 0.286. The summed E-state index contributed by atoms with van der Waals surface area (Å²) in [6.07, 6.45) is 4.66. The minimum Gasteiger partial charge on any atom is -0.494 e. The Labute approximate surface area is 190 Å². The van der Waals surface area contributed by atoms with Crippen LogP contribution in [0.1, 0.15) is 50.7 Å². The van der Waals surface area contributed by atoms with Gasteiger partial charge in [0.15, 0.2) is 0 Å². The van der Waals surface area contributed by atoms with Crippen molar-refractivity contribution < 1.29 is 9.47 Å². The van der Waals surface area contributed by atoms with Gasteiger partial charge in [-0.05, 0) is 48.7 Å². The summed E-state index contributed by atoms with van der Waals surface area (Å²) in [5.74, 6) is 1.59. The first kappa shape index (κ1) is 22.9. The van der Waals surface area contributed by atoms with Crippen LogP contribution in [0.15, 0.2) is 60.7 Å². The number of benzene rings is 3. The lowest BCUT2D eigenvalue weighted by Gasteiger charge is -2.12. The van der Waals surface area contributed by atoms with Crippen molar-refractivity contribution in [2.45, 2.75) is 39.5 Å². The smallest absolute Gasteiger partial charge is 0.119 e. The van der Waals surface area contributed by atoms with Crippen LogP contribution in [0, 0.1) is 22.7 Å². The van der Waals surface area contributed by atoms with E-state index in [1.807, 2.05) is 67.6 Å². The van der Waals surface area contributed by atoms with Crippen molar-refractivity contribution in [2.24, 2.45) is 0 Å². The molecule has 0 radical (unpaired) electrons. The molecule has 3 aromatic carbocycles. The molecule has 32 heavy (non-hydrogen) atoms. The SMILES string of the molecule is CCCCCCOc1ccc(-c2ccc(-c3ccc(OCC)cc3)c(C#N)c2C#N)cc1. The molecule has 0 aliphatic carbocycles. The van der Waals surface area contributed by atoms with Crippen LogP contribution in [0.3, 0.4) is 0 Å². The Hall–Kier alpha value is -3.76. The zero-order valence-electron chi connectivity index (χ0n) is 18.7. The zero-order valence-corrected chi connectivity index (χ0v) is 18.7. The Kier molecular flexibility index (Phi) is 8.29. The van der Waals surface area contributed by atoms with E-state index in [-0.39, 0.29) is 0 Å². The maximum Gasteiger partial charge on any atom is 0.119 e. The van der Waals surface area contributed by atoms with Crippen molar-refractivity contribution in [3.05, 3.63) is 71.8 Å². The van der Waals surface area contributed by atoms with Crippen LogP contribution < -0.4 is 9.47 Å². The summed E-state index contributed by atoms with van der Waals surface area (Å²) in [6.45, 7) is 5.43. The number of unbranched alkanes of at least 4 members (excludes halogenated alkanes) is 3. The van der Waals surface area contributed by atoms with Crippen molar-refractivity contribution in [2.75, 3.05) is 13.2 Å². The Morgan fingerprint density at radius 1 is 0.625 bits per heavy atom. The minimum absolute atomic E-state index is 0.380. The summed E-state index contributed by atoms with van der Waals surface area (Å²) in [5, 5.41) is 19.7. The van der Waals surface area contributed by atoms with Crippen molar-refractivity contribution in [1.29, 1.82) is 10.5 Å². The first-order chi connectivity index (χ1) is 15.7. The van der Waals surface area contributed by atoms with E-state index in [1.165, 1.54) is 19.3 Å². The van der Waals surface area contributed by atoms with Crippen LogP contribution in [0.25, 0.3) is 22.3 Å². The molecule has 0 atom stereocenters. The molecule has 0 saturated heterocycles. The zero-order chi connectivity index (χ0) is 22.8. The van der Waals surface area contributed by atoms with Crippen LogP contribution in [0.2, 0.25) is 0 Å². The largest absolute Gasteiger partial charge is 0.494 e. The Morgan fingerprint density at radius 2 is 1.12 bits per heavy atom. The Bertz CT molecular complexity index is 1100. The molecule has 3 aromatic rings. The second-order valence-corrected chi connectivity index (χ2v) is 7.53. The third-order valence-corrected chi connectivity index (χ3v) is 5.34. The average Bonchev–Trinajstić information content (AvgIpc) is 2.84. The quantitative estimate of drug-likeness (QED) is 0.325. The van der Waals surface area contributed by atoms with Crippen LogP contribution in [-0.4, -0.2) is 13.2 Å². The molecular formula is C28H28N2O2. The van der Waals surface area contributed by atoms with Crippen molar-refractivity contribution >= 4 is 0 Å². The van der Waals surface area contributed by atoms with Crippen molar-refractivity contribution in [3.8, 4) is 45.9 Å². The number of hydrogen-bond acceptors (Lipinski definition) is 4. The van der Waals surface area contributed by atoms with Gasteiger partial charge in [0.1, 0.15) is 23.6 Å². The second kappa shape index (κ2) is 11.6. The van der Waals surface area contributed by atoms with Gasteiger partial charge in [0, 0.05) is 11.1 Å². The van der Waals surface area contributed by atoms with Gasteiger partial charge in [0.2, 0.25) is 0 Å². The molecule has 0 aliphatic heterocycles. The number of nitriles is 2. The van der Waals surface area contributed by atoms with E-state index < -0.39 is 0 Å². The van der Waals surface area contributed by atoms with Gasteiger partial charge in [-0.2, -0.15) is 10.5 Å². The van der Waals surface area contributed by atoms with E-state index in [0.29, 0.717) is 24.3 Å². The standard InChI is InChI=1S/C28H28N2O2/c1-3-5-6-7-18-32-24-14-10-22(11-15-24)26-17-16-25(27(19-29)28(26)20-30)21-8-12-23(13-9-21)31-4-2/h8-17H,3-7,18H2,1-2H3. The number of hydrogen-bond donors (Lipinski definition) is 0. The van der Waals surface area contributed by atoms with Gasteiger partial charge in [0.05, 0.1) is 24.3 Å². The first-order valence-electron chi connectivity index (χ1n) is 11.2. The van der Waals surface area contributed by atoms with Crippen LogP contribution in [0.5, 0.6) is 11.5 Å². The molecular weight excluding hydrogens is 396 g/mol. The van der Waals surface area contributed by atoms with Gasteiger partial charge in [-0.1, -0.05) is 62.6 Å². The molecule has 0 N–H and O–H groups in total. The average molecular weight is 425 g/mol. The van der Waals surface area contributed by atoms with E-state index >= 15 is 0 Å². The second-order valence-electron chi connectivity index (χ2n) is 7.53. The summed E-state index contributed by atoms with van der Waals surface area (Å²) < 4.78 is 11.3. The fourth-order valence-corrected chi connectivity index (χ4v) is 3.66.